The van der Waals surface area contributed by atoms with E-state index in [0.717, 1.165) is 13.1 Å². The minimum absolute atomic E-state index is 0.116. The van der Waals surface area contributed by atoms with Crippen LogP contribution in [0, 0.1) is 17.8 Å². The van der Waals surface area contributed by atoms with E-state index in [4.69, 9.17) is 0 Å². The fourth-order valence-corrected chi connectivity index (χ4v) is 3.53. The van der Waals surface area contributed by atoms with Gasteiger partial charge in [-0.3, -0.25) is 4.79 Å². The number of amides is 1. The third-order valence-electron chi connectivity index (χ3n) is 4.65. The van der Waals surface area contributed by atoms with Gasteiger partial charge in [-0.2, -0.15) is 13.2 Å². The number of rotatable bonds is 4. The van der Waals surface area contributed by atoms with Gasteiger partial charge in [-0.25, -0.2) is 0 Å². The summed E-state index contributed by atoms with van der Waals surface area (Å²) in [6.45, 7) is 2.77. The topological polar surface area (TPSA) is 32.3 Å². The normalized spacial score (nSPS) is 27.5. The number of nitrogens with one attached hydrogen (secondary N) is 1. The highest BCUT2D eigenvalue weighted by molar-refractivity contribution is 5.94. The monoisotopic (exact) mass is 312 g/mol. The molecule has 1 amide bonds. The van der Waals surface area contributed by atoms with Crippen molar-refractivity contribution in [3.63, 3.8) is 0 Å². The first-order chi connectivity index (χ1) is 10.3. The third-order valence-corrected chi connectivity index (χ3v) is 4.65. The van der Waals surface area contributed by atoms with Crippen molar-refractivity contribution < 1.29 is 18.0 Å². The number of nitrogens with zero attached hydrogens (tertiary/aromatic N) is 1. The third kappa shape index (κ3) is 3.43. The molecule has 120 valence electrons. The molecule has 3 rings (SSSR count). The van der Waals surface area contributed by atoms with Crippen LogP contribution in [0.4, 0.5) is 13.2 Å². The minimum Gasteiger partial charge on any atom is -0.352 e. The predicted octanol–water partition coefficient (Wildman–Crippen LogP) is 2.33. The van der Waals surface area contributed by atoms with Crippen LogP contribution in [0.3, 0.4) is 0 Å². The zero-order valence-corrected chi connectivity index (χ0v) is 12.4. The number of halogens is 3. The van der Waals surface area contributed by atoms with E-state index in [-0.39, 0.29) is 11.5 Å². The maximum absolute atomic E-state index is 12.4. The molecule has 2 unspecified atom stereocenters. The van der Waals surface area contributed by atoms with Crippen LogP contribution in [0.25, 0.3) is 0 Å². The minimum atomic E-state index is -4.26. The Balaban J connectivity index is 1.53. The average Bonchev–Trinajstić information content (AvgIpc) is 2.88. The molecule has 0 aromatic heterocycles. The number of carbonyl (C=O) groups is 1. The maximum Gasteiger partial charge on any atom is 0.393 e. The largest absolute Gasteiger partial charge is 0.393 e. The number of likely N-dealkylation sites (tertiary alicyclic amines) is 1. The first-order valence-electron chi connectivity index (χ1n) is 7.46. The molecular weight excluding hydrogens is 293 g/mol. The number of fused-ring (bicyclic) bond motifs is 1. The summed E-state index contributed by atoms with van der Waals surface area (Å²) in [6.07, 6.45) is -5.26. The molecule has 0 radical (unpaired) electrons. The molecule has 1 saturated carbocycles. The average molecular weight is 312 g/mol. The van der Waals surface area contributed by atoms with E-state index in [1.165, 1.54) is 18.2 Å². The number of carbonyl (C=O) groups excluding carboxylic acids is 1. The predicted molar refractivity (Wildman–Crippen MR) is 76.5 cm³/mol. The smallest absolute Gasteiger partial charge is 0.352 e. The lowest BCUT2D eigenvalue weighted by atomic mass is 10.1. The van der Waals surface area contributed by atoms with Crippen molar-refractivity contribution in [1.82, 2.24) is 10.2 Å². The van der Waals surface area contributed by atoms with E-state index in [2.05, 4.69) is 17.3 Å². The van der Waals surface area contributed by atoms with E-state index in [9.17, 15) is 18.0 Å². The molecule has 1 heterocycles. The number of hydrogen-bond acceptors (Lipinski definition) is 2. The fraction of sp³-hybridized carbons (Fsp3) is 0.562. The van der Waals surface area contributed by atoms with Crippen LogP contribution in [0.1, 0.15) is 15.9 Å². The zero-order valence-electron chi connectivity index (χ0n) is 12.4. The van der Waals surface area contributed by atoms with Crippen molar-refractivity contribution in [1.29, 1.82) is 0 Å². The number of alkyl halides is 3. The molecule has 1 saturated heterocycles. The van der Waals surface area contributed by atoms with Gasteiger partial charge in [-0.05, 0) is 42.5 Å². The molecule has 2 fully saturated rings. The second-order valence-electron chi connectivity index (χ2n) is 6.42. The lowest BCUT2D eigenvalue weighted by Gasteiger charge is -2.13. The standard InChI is InChI=1S/C16H19F3N2O/c1-21-8-13-12(14(13)9-21)7-20-15(22)11-4-2-3-10(5-11)6-16(17,18)19/h2-5,12-14H,6-9H2,1H3,(H,20,22). The molecule has 3 nitrogen and oxygen atoms in total. The van der Waals surface area contributed by atoms with Gasteiger partial charge in [-0.15, -0.1) is 0 Å². The van der Waals surface area contributed by atoms with Crippen LogP contribution in [0.5, 0.6) is 0 Å². The first-order valence-corrected chi connectivity index (χ1v) is 7.46. The highest BCUT2D eigenvalue weighted by atomic mass is 19.4. The van der Waals surface area contributed by atoms with Crippen LogP contribution in [0.15, 0.2) is 24.3 Å². The van der Waals surface area contributed by atoms with E-state index in [0.29, 0.717) is 29.9 Å². The Bertz CT molecular complexity index is 561. The summed E-state index contributed by atoms with van der Waals surface area (Å²) in [5.74, 6) is 1.57. The molecule has 1 aliphatic heterocycles. The van der Waals surface area contributed by atoms with Gasteiger partial charge in [0.15, 0.2) is 0 Å². The van der Waals surface area contributed by atoms with Gasteiger partial charge in [0, 0.05) is 25.2 Å². The van der Waals surface area contributed by atoms with E-state index < -0.39 is 12.6 Å². The lowest BCUT2D eigenvalue weighted by molar-refractivity contribution is -0.127. The van der Waals surface area contributed by atoms with Gasteiger partial charge >= 0.3 is 6.18 Å². The van der Waals surface area contributed by atoms with Crippen LogP contribution >= 0.6 is 0 Å². The summed E-state index contributed by atoms with van der Waals surface area (Å²) in [7, 11) is 2.09. The fourth-order valence-electron chi connectivity index (χ4n) is 3.53. The Morgan fingerprint density at radius 2 is 2.00 bits per heavy atom. The summed E-state index contributed by atoms with van der Waals surface area (Å²) in [5, 5.41) is 2.86. The second kappa shape index (κ2) is 5.57. The van der Waals surface area contributed by atoms with E-state index >= 15 is 0 Å². The molecule has 2 atom stereocenters. The molecular formula is C16H19F3N2O. The maximum atomic E-state index is 12.4. The highest BCUT2D eigenvalue weighted by Crippen LogP contribution is 2.50. The quantitative estimate of drug-likeness (QED) is 0.925. The highest BCUT2D eigenvalue weighted by Gasteiger charge is 2.54. The molecule has 1 N–H and O–H groups in total. The van der Waals surface area contributed by atoms with Gasteiger partial charge in [0.2, 0.25) is 0 Å². The molecule has 6 heteroatoms. The van der Waals surface area contributed by atoms with E-state index in [1.807, 2.05) is 0 Å². The van der Waals surface area contributed by atoms with Crippen LogP contribution < -0.4 is 5.32 Å². The van der Waals surface area contributed by atoms with Crippen LogP contribution in [0.2, 0.25) is 0 Å². The number of piperidine rings is 1. The van der Waals surface area contributed by atoms with Gasteiger partial charge in [-0.1, -0.05) is 12.1 Å². The summed E-state index contributed by atoms with van der Waals surface area (Å²) in [5.41, 5.74) is 0.412. The molecule has 1 aromatic carbocycles. The zero-order chi connectivity index (χ0) is 15.9. The second-order valence-corrected chi connectivity index (χ2v) is 6.42. The van der Waals surface area contributed by atoms with Gasteiger partial charge in [0.25, 0.3) is 5.91 Å². The molecule has 1 aliphatic carbocycles. The number of hydrogen-bond donors (Lipinski definition) is 1. The Morgan fingerprint density at radius 1 is 1.32 bits per heavy atom. The number of benzene rings is 1. The Kier molecular flexibility index (Phi) is 3.89. The summed E-state index contributed by atoms with van der Waals surface area (Å²) < 4.78 is 37.2. The Labute approximate surface area is 127 Å². The van der Waals surface area contributed by atoms with Gasteiger partial charge in [0.05, 0.1) is 6.42 Å². The molecule has 1 aromatic rings. The lowest BCUT2D eigenvalue weighted by Crippen LogP contribution is -2.29. The van der Waals surface area contributed by atoms with Crippen molar-refractivity contribution in [3.05, 3.63) is 35.4 Å². The van der Waals surface area contributed by atoms with Crippen LogP contribution in [-0.2, 0) is 6.42 Å². The van der Waals surface area contributed by atoms with Crippen molar-refractivity contribution in [2.45, 2.75) is 12.6 Å². The molecule has 2 aliphatic rings. The SMILES string of the molecule is CN1CC2C(CNC(=O)c3cccc(CC(F)(F)F)c3)C2C1. The summed E-state index contributed by atoms with van der Waals surface area (Å²) in [6, 6.07) is 5.77. The first kappa shape index (κ1) is 15.3. The van der Waals surface area contributed by atoms with E-state index in [1.54, 1.807) is 6.07 Å². The van der Waals surface area contributed by atoms with Crippen molar-refractivity contribution >= 4 is 5.91 Å². The molecule has 0 bridgehead atoms. The summed E-state index contributed by atoms with van der Waals surface area (Å²) >= 11 is 0. The Hall–Kier alpha value is -1.56. The van der Waals surface area contributed by atoms with Crippen molar-refractivity contribution in [2.24, 2.45) is 17.8 Å². The summed E-state index contributed by atoms with van der Waals surface area (Å²) in [4.78, 5) is 14.4. The van der Waals surface area contributed by atoms with Crippen molar-refractivity contribution in [3.8, 4) is 0 Å². The van der Waals surface area contributed by atoms with Crippen molar-refractivity contribution in [2.75, 3.05) is 26.7 Å². The van der Waals surface area contributed by atoms with Gasteiger partial charge in [0.1, 0.15) is 0 Å². The van der Waals surface area contributed by atoms with Crippen LogP contribution in [-0.4, -0.2) is 43.7 Å². The Morgan fingerprint density at radius 3 is 2.64 bits per heavy atom. The molecule has 0 spiro atoms. The molecule has 22 heavy (non-hydrogen) atoms. The van der Waals surface area contributed by atoms with Gasteiger partial charge < -0.3 is 10.2 Å².